The third kappa shape index (κ3) is 2.89. The molecule has 0 bridgehead atoms. The molecule has 4 aliphatic rings. The van der Waals surface area contributed by atoms with Gasteiger partial charge in [-0.3, -0.25) is 14.5 Å². The van der Waals surface area contributed by atoms with Crippen molar-refractivity contribution in [2.75, 3.05) is 28.8 Å². The molecule has 4 heterocycles. The van der Waals surface area contributed by atoms with E-state index in [1.807, 2.05) is 41.3 Å². The summed E-state index contributed by atoms with van der Waals surface area (Å²) in [6.45, 7) is 7.50. The van der Waals surface area contributed by atoms with Crippen LogP contribution >= 0.6 is 11.8 Å². The summed E-state index contributed by atoms with van der Waals surface area (Å²) in [5, 5.41) is 0. The van der Waals surface area contributed by atoms with Gasteiger partial charge < -0.3 is 14.4 Å². The molecule has 2 atom stereocenters. The molecule has 3 aromatic rings. The number of anilines is 2. The Morgan fingerprint density at radius 2 is 1.54 bits per heavy atom. The first-order chi connectivity index (χ1) is 17.8. The second-order valence-corrected chi connectivity index (χ2v) is 12.2. The summed E-state index contributed by atoms with van der Waals surface area (Å²) in [7, 11) is 0. The molecule has 0 unspecified atom stereocenters. The van der Waals surface area contributed by atoms with Crippen molar-refractivity contribution in [2.45, 2.75) is 43.0 Å². The Labute approximate surface area is 220 Å². The number of carbonyl (C=O) groups excluding carboxylic acids is 2. The highest BCUT2D eigenvalue weighted by molar-refractivity contribution is 8.02. The Kier molecular flexibility index (Phi) is 4.63. The number of ether oxygens (including phenoxy) is 2. The second-order valence-electron chi connectivity index (χ2n) is 11.0. The molecule has 1 fully saturated rings. The third-order valence-electron chi connectivity index (χ3n) is 8.27. The summed E-state index contributed by atoms with van der Waals surface area (Å²) in [6, 6.07) is 22.3. The normalized spacial score (nSPS) is 27.1. The van der Waals surface area contributed by atoms with Crippen LogP contribution in [0.4, 0.5) is 11.4 Å². The van der Waals surface area contributed by atoms with Crippen LogP contribution in [0.1, 0.15) is 43.9 Å². The zero-order chi connectivity index (χ0) is 25.6. The van der Waals surface area contributed by atoms with Crippen LogP contribution in [-0.2, 0) is 19.9 Å². The zero-order valence-corrected chi connectivity index (χ0v) is 21.9. The highest BCUT2D eigenvalue weighted by atomic mass is 32.2. The summed E-state index contributed by atoms with van der Waals surface area (Å²) in [5.74, 6) is 1.34. The van der Waals surface area contributed by atoms with Crippen LogP contribution in [0.25, 0.3) is 0 Å². The van der Waals surface area contributed by atoms with Crippen molar-refractivity contribution >= 4 is 35.0 Å². The van der Waals surface area contributed by atoms with Crippen molar-refractivity contribution in [1.82, 2.24) is 0 Å². The van der Waals surface area contributed by atoms with E-state index >= 15 is 0 Å². The SMILES string of the molecule is CC1(C)C[C@@](C)(c2ccccc2)c2cccc3c2N1C(=O)[C@@]31SCC(=O)N1c1ccc2c(c1)OCCO2. The van der Waals surface area contributed by atoms with Crippen LogP contribution in [0, 0.1) is 0 Å². The van der Waals surface area contributed by atoms with E-state index in [0.29, 0.717) is 30.4 Å². The van der Waals surface area contributed by atoms with Crippen molar-refractivity contribution in [2.24, 2.45) is 0 Å². The van der Waals surface area contributed by atoms with E-state index in [-0.39, 0.29) is 23.0 Å². The highest BCUT2D eigenvalue weighted by Gasteiger charge is 2.66. The summed E-state index contributed by atoms with van der Waals surface area (Å²) < 4.78 is 11.5. The lowest BCUT2D eigenvalue weighted by atomic mass is 9.65. The number of benzene rings is 3. The fraction of sp³-hybridized carbons (Fsp3) is 0.333. The molecule has 188 valence electrons. The molecular formula is C30H28N2O4S. The van der Waals surface area contributed by atoms with E-state index < -0.39 is 10.4 Å². The lowest BCUT2D eigenvalue weighted by Gasteiger charge is -2.50. The minimum Gasteiger partial charge on any atom is -0.486 e. The summed E-state index contributed by atoms with van der Waals surface area (Å²) in [4.78, 5) is 30.7. The van der Waals surface area contributed by atoms with Gasteiger partial charge in [-0.2, -0.15) is 0 Å². The van der Waals surface area contributed by atoms with Crippen LogP contribution in [0.5, 0.6) is 11.5 Å². The van der Waals surface area contributed by atoms with Crippen molar-refractivity contribution in [3.63, 3.8) is 0 Å². The van der Waals surface area contributed by atoms with E-state index in [9.17, 15) is 9.59 Å². The van der Waals surface area contributed by atoms with Crippen molar-refractivity contribution in [3.05, 3.63) is 83.4 Å². The molecular weight excluding hydrogens is 484 g/mol. The summed E-state index contributed by atoms with van der Waals surface area (Å²) >= 11 is 1.42. The summed E-state index contributed by atoms with van der Waals surface area (Å²) in [5.41, 5.74) is 4.09. The topological polar surface area (TPSA) is 59.1 Å². The van der Waals surface area contributed by atoms with E-state index in [2.05, 4.69) is 51.1 Å². The Balaban J connectivity index is 1.46. The minimum absolute atomic E-state index is 0.0548. The molecule has 0 aromatic heterocycles. The first-order valence-electron chi connectivity index (χ1n) is 12.7. The minimum atomic E-state index is -1.16. The maximum Gasteiger partial charge on any atom is 0.269 e. The van der Waals surface area contributed by atoms with Crippen molar-refractivity contribution in [1.29, 1.82) is 0 Å². The van der Waals surface area contributed by atoms with Crippen LogP contribution in [0.2, 0.25) is 0 Å². The predicted molar refractivity (Wildman–Crippen MR) is 145 cm³/mol. The molecule has 1 spiro atoms. The third-order valence-corrected chi connectivity index (χ3v) is 9.65. The largest absolute Gasteiger partial charge is 0.486 e. The molecule has 2 amide bonds. The van der Waals surface area contributed by atoms with Gasteiger partial charge >= 0.3 is 0 Å². The van der Waals surface area contributed by atoms with E-state index in [4.69, 9.17) is 9.47 Å². The number of para-hydroxylation sites is 1. The first kappa shape index (κ1) is 22.7. The average Bonchev–Trinajstić information content (AvgIpc) is 3.38. The molecule has 0 N–H and O–H groups in total. The fourth-order valence-electron chi connectivity index (χ4n) is 6.88. The maximum atomic E-state index is 14.6. The second kappa shape index (κ2) is 7.54. The van der Waals surface area contributed by atoms with Gasteiger partial charge in [-0.15, -0.1) is 11.8 Å². The van der Waals surface area contributed by atoms with E-state index in [0.717, 1.165) is 23.2 Å². The van der Waals surface area contributed by atoms with Gasteiger partial charge in [0.05, 0.1) is 11.4 Å². The maximum absolute atomic E-state index is 14.6. The monoisotopic (exact) mass is 512 g/mol. The number of hydrogen-bond acceptors (Lipinski definition) is 5. The smallest absolute Gasteiger partial charge is 0.269 e. The molecule has 3 aromatic carbocycles. The number of amides is 2. The van der Waals surface area contributed by atoms with Gasteiger partial charge in [-0.25, -0.2) is 0 Å². The lowest BCUT2D eigenvalue weighted by molar-refractivity contribution is -0.124. The number of hydrogen-bond donors (Lipinski definition) is 0. The van der Waals surface area contributed by atoms with E-state index in [1.165, 1.54) is 17.3 Å². The van der Waals surface area contributed by atoms with Gasteiger partial charge in [0.2, 0.25) is 10.8 Å². The molecule has 0 saturated carbocycles. The number of nitrogens with zero attached hydrogens (tertiary/aromatic N) is 2. The van der Waals surface area contributed by atoms with Gasteiger partial charge in [0, 0.05) is 28.3 Å². The van der Waals surface area contributed by atoms with Gasteiger partial charge in [0.15, 0.2) is 11.5 Å². The van der Waals surface area contributed by atoms with Crippen LogP contribution in [0.15, 0.2) is 66.7 Å². The van der Waals surface area contributed by atoms with E-state index in [1.54, 1.807) is 4.90 Å². The number of fused-ring (bicyclic) bond motifs is 2. The molecule has 0 radical (unpaired) electrons. The lowest BCUT2D eigenvalue weighted by Crippen LogP contribution is -2.58. The summed E-state index contributed by atoms with van der Waals surface area (Å²) in [6.07, 6.45) is 0.769. The standard InChI is InChI=1S/C30H28N2O4S/c1-28(2)18-29(3,19-8-5-4-6-9-19)21-10-7-11-22-26(21)32(28)27(34)30(22)31(25(33)17-37-30)20-12-13-23-24(16-20)36-15-14-35-23/h4-13,16H,14-15,17-18H2,1-3H3/t29-,30-/m0/s1. The van der Waals surface area contributed by atoms with Crippen LogP contribution < -0.4 is 19.3 Å². The number of carbonyl (C=O) groups is 2. The van der Waals surface area contributed by atoms with Gasteiger partial charge in [-0.1, -0.05) is 55.5 Å². The molecule has 37 heavy (non-hydrogen) atoms. The van der Waals surface area contributed by atoms with Crippen molar-refractivity contribution in [3.8, 4) is 11.5 Å². The van der Waals surface area contributed by atoms with Crippen molar-refractivity contribution < 1.29 is 19.1 Å². The number of thioether (sulfide) groups is 1. The number of rotatable bonds is 2. The van der Waals surface area contributed by atoms with Gasteiger partial charge in [-0.05, 0) is 43.5 Å². The van der Waals surface area contributed by atoms with Crippen LogP contribution in [-0.4, -0.2) is 36.3 Å². The average molecular weight is 513 g/mol. The molecule has 0 aliphatic carbocycles. The molecule has 7 heteroatoms. The Bertz CT molecular complexity index is 1470. The highest BCUT2D eigenvalue weighted by Crippen LogP contribution is 2.63. The van der Waals surface area contributed by atoms with Gasteiger partial charge in [0.25, 0.3) is 5.91 Å². The predicted octanol–water partition coefficient (Wildman–Crippen LogP) is 5.23. The van der Waals surface area contributed by atoms with Gasteiger partial charge in [0.1, 0.15) is 13.2 Å². The molecule has 6 nitrogen and oxygen atoms in total. The Morgan fingerprint density at radius 1 is 0.811 bits per heavy atom. The molecule has 1 saturated heterocycles. The Morgan fingerprint density at radius 3 is 2.32 bits per heavy atom. The molecule has 4 aliphatic heterocycles. The zero-order valence-electron chi connectivity index (χ0n) is 21.1. The fourth-order valence-corrected chi connectivity index (χ4v) is 8.21. The quantitative estimate of drug-likeness (QED) is 0.471. The Hall–Kier alpha value is -3.45. The first-order valence-corrected chi connectivity index (χ1v) is 13.7. The van der Waals surface area contributed by atoms with Crippen LogP contribution in [0.3, 0.4) is 0 Å². The molecule has 7 rings (SSSR count).